The third kappa shape index (κ3) is 5.71. The van der Waals surface area contributed by atoms with Crippen molar-refractivity contribution in [1.29, 1.82) is 0 Å². The molecular formula is C12H24N4O2S. The lowest BCUT2D eigenvalue weighted by molar-refractivity contribution is 0.513. The molecule has 0 bridgehead atoms. The number of aromatic nitrogens is 2. The highest BCUT2D eigenvalue weighted by Gasteiger charge is 2.17. The summed E-state index contributed by atoms with van der Waals surface area (Å²) in [5, 5.41) is 7.38. The number of hydrogen-bond acceptors (Lipinski definition) is 4. The van der Waals surface area contributed by atoms with Crippen LogP contribution < -0.4 is 10.0 Å². The van der Waals surface area contributed by atoms with Crippen LogP contribution in [0, 0.1) is 0 Å². The highest BCUT2D eigenvalue weighted by atomic mass is 32.2. The quantitative estimate of drug-likeness (QED) is 0.699. The van der Waals surface area contributed by atoms with Crippen LogP contribution in [0.2, 0.25) is 0 Å². The normalized spacial score (nSPS) is 12.5. The Morgan fingerprint density at radius 3 is 2.53 bits per heavy atom. The van der Waals surface area contributed by atoms with Crippen LogP contribution in [0.15, 0.2) is 17.3 Å². The summed E-state index contributed by atoms with van der Waals surface area (Å²) in [6, 6.07) is 0.340. The molecule has 2 N–H and O–H groups in total. The lowest BCUT2D eigenvalue weighted by Gasteiger charge is -2.08. The largest absolute Gasteiger partial charge is 0.314 e. The second kappa shape index (κ2) is 7.02. The predicted molar refractivity (Wildman–Crippen MR) is 75.4 cm³/mol. The number of hydrogen-bond donors (Lipinski definition) is 2. The molecule has 110 valence electrons. The lowest BCUT2D eigenvalue weighted by atomic mass is 10.3. The first-order chi connectivity index (χ1) is 8.81. The van der Waals surface area contributed by atoms with Gasteiger partial charge in [-0.3, -0.25) is 4.68 Å². The minimum atomic E-state index is -3.43. The van der Waals surface area contributed by atoms with E-state index in [2.05, 4.69) is 29.0 Å². The molecule has 0 radical (unpaired) electrons. The van der Waals surface area contributed by atoms with Gasteiger partial charge in [0.15, 0.2) is 0 Å². The van der Waals surface area contributed by atoms with Crippen molar-refractivity contribution in [2.24, 2.45) is 0 Å². The van der Waals surface area contributed by atoms with Gasteiger partial charge in [0.05, 0.1) is 6.20 Å². The van der Waals surface area contributed by atoms with E-state index in [1.807, 2.05) is 0 Å². The van der Waals surface area contributed by atoms with Crippen molar-refractivity contribution in [3.05, 3.63) is 12.4 Å². The minimum absolute atomic E-state index is 0.122. The Labute approximate surface area is 115 Å². The van der Waals surface area contributed by atoms with Crippen molar-refractivity contribution in [1.82, 2.24) is 19.8 Å². The summed E-state index contributed by atoms with van der Waals surface area (Å²) in [5.74, 6) is 0. The molecule has 19 heavy (non-hydrogen) atoms. The van der Waals surface area contributed by atoms with E-state index in [0.29, 0.717) is 12.6 Å². The van der Waals surface area contributed by atoms with Gasteiger partial charge in [0, 0.05) is 24.8 Å². The van der Waals surface area contributed by atoms with E-state index < -0.39 is 10.0 Å². The maximum atomic E-state index is 11.9. The molecule has 1 rings (SSSR count). The van der Waals surface area contributed by atoms with Crippen molar-refractivity contribution >= 4 is 10.0 Å². The standard InChI is InChI=1S/C12H24N4O2S/c1-10(2)13-6-5-7-16-9-12(8-14-16)19(17,18)15-11(3)4/h8-11,13,15H,5-7H2,1-4H3. The van der Waals surface area contributed by atoms with E-state index in [1.165, 1.54) is 6.20 Å². The van der Waals surface area contributed by atoms with E-state index >= 15 is 0 Å². The molecule has 1 aromatic rings. The summed E-state index contributed by atoms with van der Waals surface area (Å²) in [6.45, 7) is 9.37. The second-order valence-corrected chi connectivity index (χ2v) is 6.89. The summed E-state index contributed by atoms with van der Waals surface area (Å²) in [5.41, 5.74) is 0. The monoisotopic (exact) mass is 288 g/mol. The smallest absolute Gasteiger partial charge is 0.243 e. The minimum Gasteiger partial charge on any atom is -0.314 e. The van der Waals surface area contributed by atoms with Crippen LogP contribution >= 0.6 is 0 Å². The van der Waals surface area contributed by atoms with Gasteiger partial charge in [0.25, 0.3) is 0 Å². The zero-order chi connectivity index (χ0) is 14.5. The molecule has 0 fully saturated rings. The summed E-state index contributed by atoms with van der Waals surface area (Å²) in [6.07, 6.45) is 3.87. The van der Waals surface area contributed by atoms with Crippen LogP contribution in [-0.4, -0.2) is 36.8 Å². The van der Waals surface area contributed by atoms with Crippen molar-refractivity contribution in [3.8, 4) is 0 Å². The molecule has 0 aliphatic heterocycles. The molecule has 0 saturated heterocycles. The molecule has 6 nitrogen and oxygen atoms in total. The van der Waals surface area contributed by atoms with Gasteiger partial charge in [0.2, 0.25) is 10.0 Å². The summed E-state index contributed by atoms with van der Waals surface area (Å²) in [4.78, 5) is 0.220. The molecule has 0 atom stereocenters. The van der Waals surface area contributed by atoms with Crippen LogP contribution in [0.4, 0.5) is 0 Å². The van der Waals surface area contributed by atoms with Crippen LogP contribution in [0.5, 0.6) is 0 Å². The predicted octanol–water partition coefficient (Wildman–Crippen LogP) is 0.958. The number of aryl methyl sites for hydroxylation is 1. The fraction of sp³-hybridized carbons (Fsp3) is 0.750. The van der Waals surface area contributed by atoms with Gasteiger partial charge in [-0.2, -0.15) is 5.10 Å². The van der Waals surface area contributed by atoms with Crippen LogP contribution in [0.3, 0.4) is 0 Å². The highest BCUT2D eigenvalue weighted by Crippen LogP contribution is 2.07. The van der Waals surface area contributed by atoms with Crippen molar-refractivity contribution in [2.45, 2.75) is 57.6 Å². The molecule has 0 amide bonds. The molecular weight excluding hydrogens is 264 g/mol. The van der Waals surface area contributed by atoms with Crippen LogP contribution in [0.25, 0.3) is 0 Å². The molecule has 0 aliphatic rings. The van der Waals surface area contributed by atoms with Gasteiger partial charge in [-0.1, -0.05) is 13.8 Å². The van der Waals surface area contributed by atoms with Crippen LogP contribution in [0.1, 0.15) is 34.1 Å². The zero-order valence-corrected chi connectivity index (χ0v) is 12.9. The Hall–Kier alpha value is -0.920. The maximum absolute atomic E-state index is 11.9. The third-order valence-corrected chi connectivity index (χ3v) is 4.04. The zero-order valence-electron chi connectivity index (χ0n) is 12.0. The van der Waals surface area contributed by atoms with E-state index in [0.717, 1.165) is 13.0 Å². The lowest BCUT2D eigenvalue weighted by Crippen LogP contribution is -2.30. The van der Waals surface area contributed by atoms with Crippen molar-refractivity contribution < 1.29 is 8.42 Å². The Morgan fingerprint density at radius 2 is 1.95 bits per heavy atom. The van der Waals surface area contributed by atoms with Gasteiger partial charge in [0.1, 0.15) is 4.90 Å². The second-order valence-electron chi connectivity index (χ2n) is 5.18. The molecule has 0 spiro atoms. The topological polar surface area (TPSA) is 76.0 Å². The van der Waals surface area contributed by atoms with Gasteiger partial charge in [-0.15, -0.1) is 0 Å². The van der Waals surface area contributed by atoms with Crippen molar-refractivity contribution in [2.75, 3.05) is 6.54 Å². The Balaban J connectivity index is 2.53. The maximum Gasteiger partial charge on any atom is 0.243 e. The third-order valence-electron chi connectivity index (χ3n) is 2.43. The molecule has 0 aromatic carbocycles. The van der Waals surface area contributed by atoms with E-state index in [4.69, 9.17) is 0 Å². The highest BCUT2D eigenvalue weighted by molar-refractivity contribution is 7.89. The molecule has 1 heterocycles. The molecule has 0 unspecified atom stereocenters. The first-order valence-corrected chi connectivity index (χ1v) is 8.08. The van der Waals surface area contributed by atoms with Crippen molar-refractivity contribution in [3.63, 3.8) is 0 Å². The van der Waals surface area contributed by atoms with Gasteiger partial charge in [-0.25, -0.2) is 13.1 Å². The SMILES string of the molecule is CC(C)NCCCn1cc(S(=O)(=O)NC(C)C)cn1. The average molecular weight is 288 g/mol. The number of nitrogens with one attached hydrogen (secondary N) is 2. The summed E-state index contributed by atoms with van der Waals surface area (Å²) >= 11 is 0. The Bertz CT molecular complexity index is 480. The first-order valence-electron chi connectivity index (χ1n) is 6.59. The number of rotatable bonds is 8. The molecule has 0 saturated carbocycles. The molecule has 0 aliphatic carbocycles. The van der Waals surface area contributed by atoms with Gasteiger partial charge >= 0.3 is 0 Å². The number of nitrogens with zero attached hydrogens (tertiary/aromatic N) is 2. The van der Waals surface area contributed by atoms with Crippen LogP contribution in [-0.2, 0) is 16.6 Å². The summed E-state index contributed by atoms with van der Waals surface area (Å²) < 4.78 is 28.0. The fourth-order valence-corrected chi connectivity index (χ4v) is 2.82. The average Bonchev–Trinajstić information content (AvgIpc) is 2.71. The summed E-state index contributed by atoms with van der Waals surface area (Å²) in [7, 11) is -3.43. The van der Waals surface area contributed by atoms with Gasteiger partial charge < -0.3 is 5.32 Å². The molecule has 1 aromatic heterocycles. The Morgan fingerprint density at radius 1 is 1.26 bits per heavy atom. The van der Waals surface area contributed by atoms with E-state index in [9.17, 15) is 8.42 Å². The first kappa shape index (κ1) is 16.1. The van der Waals surface area contributed by atoms with E-state index in [-0.39, 0.29) is 10.9 Å². The molecule has 7 heteroatoms. The number of sulfonamides is 1. The Kier molecular flexibility index (Phi) is 5.96. The van der Waals surface area contributed by atoms with Gasteiger partial charge in [-0.05, 0) is 26.8 Å². The fourth-order valence-electron chi connectivity index (χ4n) is 1.62. The van der Waals surface area contributed by atoms with E-state index in [1.54, 1.807) is 24.7 Å².